The molecule has 0 atom stereocenters. The van der Waals surface area contributed by atoms with E-state index in [0.717, 1.165) is 20.4 Å². The van der Waals surface area contributed by atoms with E-state index in [-0.39, 0.29) is 0 Å². The topological polar surface area (TPSA) is 25.2 Å². The van der Waals surface area contributed by atoms with E-state index in [1.54, 1.807) is 6.26 Å². The van der Waals surface area contributed by atoms with Crippen LogP contribution in [0.25, 0.3) is 0 Å². The predicted molar refractivity (Wildman–Crippen MR) is 72.6 cm³/mol. The van der Waals surface area contributed by atoms with Crippen molar-refractivity contribution in [2.75, 3.05) is 5.32 Å². The Balaban J connectivity index is 2.10. The Morgan fingerprint density at radius 2 is 2.00 bits per heavy atom. The van der Waals surface area contributed by atoms with Crippen LogP contribution in [-0.2, 0) is 6.54 Å². The van der Waals surface area contributed by atoms with Crippen LogP contribution in [0.15, 0.2) is 43.9 Å². The minimum Gasteiger partial charge on any atom is -0.466 e. The molecule has 16 heavy (non-hydrogen) atoms. The van der Waals surface area contributed by atoms with Crippen LogP contribution >= 0.6 is 31.9 Å². The summed E-state index contributed by atoms with van der Waals surface area (Å²) in [5, 5.41) is 3.33. The van der Waals surface area contributed by atoms with Gasteiger partial charge in [0.2, 0.25) is 0 Å². The number of benzene rings is 1. The van der Waals surface area contributed by atoms with Gasteiger partial charge in [0.15, 0.2) is 0 Å². The minimum absolute atomic E-state index is 0.662. The van der Waals surface area contributed by atoms with Gasteiger partial charge in [-0.15, -0.1) is 0 Å². The zero-order chi connectivity index (χ0) is 11.5. The van der Waals surface area contributed by atoms with Gasteiger partial charge < -0.3 is 9.73 Å². The maximum absolute atomic E-state index is 5.33. The summed E-state index contributed by atoms with van der Waals surface area (Å²) < 4.78 is 7.38. The first kappa shape index (κ1) is 11.7. The third-order valence-corrected chi connectivity index (χ3v) is 3.65. The molecule has 2 nitrogen and oxygen atoms in total. The fourth-order valence-electron chi connectivity index (χ4n) is 1.40. The van der Waals surface area contributed by atoms with Gasteiger partial charge in [0, 0.05) is 10.2 Å². The summed E-state index contributed by atoms with van der Waals surface area (Å²) in [7, 11) is 0. The Kier molecular flexibility index (Phi) is 3.71. The molecule has 1 aromatic carbocycles. The molecule has 2 rings (SSSR count). The Labute approximate surface area is 111 Å². The van der Waals surface area contributed by atoms with Crippen LogP contribution in [0.1, 0.15) is 11.3 Å². The molecule has 0 aliphatic rings. The molecule has 4 heteroatoms. The van der Waals surface area contributed by atoms with E-state index in [4.69, 9.17) is 4.42 Å². The summed E-state index contributed by atoms with van der Waals surface area (Å²) in [5.41, 5.74) is 2.30. The molecule has 0 fully saturated rings. The molecular weight excluding hydrogens is 334 g/mol. The lowest BCUT2D eigenvalue weighted by atomic mass is 10.2. The molecule has 1 aromatic heterocycles. The Hall–Kier alpha value is -0.740. The lowest BCUT2D eigenvalue weighted by Gasteiger charge is -2.08. The molecule has 0 radical (unpaired) electrons. The van der Waals surface area contributed by atoms with Crippen molar-refractivity contribution in [1.29, 1.82) is 0 Å². The van der Waals surface area contributed by atoms with Crippen LogP contribution in [0.3, 0.4) is 0 Å². The number of nitrogens with one attached hydrogen (secondary N) is 1. The van der Waals surface area contributed by atoms with Gasteiger partial charge in [-0.2, -0.15) is 0 Å². The van der Waals surface area contributed by atoms with Crippen molar-refractivity contribution in [1.82, 2.24) is 0 Å². The summed E-state index contributed by atoms with van der Waals surface area (Å²) in [5.74, 6) is 0.897. The van der Waals surface area contributed by atoms with Crippen molar-refractivity contribution < 1.29 is 4.42 Å². The fraction of sp³-hybridized carbons (Fsp3) is 0.167. The third-order valence-electron chi connectivity index (χ3n) is 2.25. The molecule has 2 aromatic rings. The van der Waals surface area contributed by atoms with Crippen molar-refractivity contribution in [2.45, 2.75) is 13.5 Å². The van der Waals surface area contributed by atoms with Crippen LogP contribution in [0.2, 0.25) is 0 Å². The average molecular weight is 345 g/mol. The van der Waals surface area contributed by atoms with Crippen LogP contribution < -0.4 is 5.32 Å². The summed E-state index contributed by atoms with van der Waals surface area (Å²) in [6.45, 7) is 2.73. The largest absolute Gasteiger partial charge is 0.466 e. The molecule has 0 saturated heterocycles. The van der Waals surface area contributed by atoms with E-state index in [9.17, 15) is 0 Å². The summed E-state index contributed by atoms with van der Waals surface area (Å²) in [4.78, 5) is 0. The van der Waals surface area contributed by atoms with E-state index in [1.165, 1.54) is 5.56 Å². The number of furan rings is 1. The molecule has 0 aliphatic heterocycles. The normalized spacial score (nSPS) is 10.4. The van der Waals surface area contributed by atoms with Crippen molar-refractivity contribution in [3.63, 3.8) is 0 Å². The van der Waals surface area contributed by atoms with Gasteiger partial charge in [0.05, 0.1) is 17.3 Å². The Morgan fingerprint density at radius 3 is 2.69 bits per heavy atom. The van der Waals surface area contributed by atoms with E-state index >= 15 is 0 Å². The minimum atomic E-state index is 0.662. The SMILES string of the molecule is Cc1ccc(Br)c(NCc2occc2Br)c1. The molecule has 0 unspecified atom stereocenters. The van der Waals surface area contributed by atoms with E-state index in [1.807, 2.05) is 12.1 Å². The van der Waals surface area contributed by atoms with Gasteiger partial charge in [-0.05, 0) is 62.5 Å². The smallest absolute Gasteiger partial charge is 0.136 e. The first-order valence-electron chi connectivity index (χ1n) is 4.88. The highest BCUT2D eigenvalue weighted by Crippen LogP contribution is 2.25. The maximum Gasteiger partial charge on any atom is 0.136 e. The molecule has 84 valence electrons. The Morgan fingerprint density at radius 1 is 1.19 bits per heavy atom. The van der Waals surface area contributed by atoms with Crippen LogP contribution in [-0.4, -0.2) is 0 Å². The highest BCUT2D eigenvalue weighted by Gasteiger charge is 2.04. The van der Waals surface area contributed by atoms with Gasteiger partial charge in [-0.3, -0.25) is 0 Å². The summed E-state index contributed by atoms with van der Waals surface area (Å²) >= 11 is 6.94. The molecule has 0 aliphatic carbocycles. The molecule has 0 saturated carbocycles. The molecule has 1 heterocycles. The van der Waals surface area contributed by atoms with Gasteiger partial charge in [0.25, 0.3) is 0 Å². The molecule has 1 N–H and O–H groups in total. The van der Waals surface area contributed by atoms with Crippen LogP contribution in [0.4, 0.5) is 5.69 Å². The Bertz CT molecular complexity index is 494. The summed E-state index contributed by atoms with van der Waals surface area (Å²) in [6, 6.07) is 8.09. The molecular formula is C12H11Br2NO. The zero-order valence-corrected chi connectivity index (χ0v) is 11.9. The van der Waals surface area contributed by atoms with Crippen LogP contribution in [0.5, 0.6) is 0 Å². The van der Waals surface area contributed by atoms with Crippen molar-refractivity contribution >= 4 is 37.5 Å². The lowest BCUT2D eigenvalue weighted by Crippen LogP contribution is -1.99. The van der Waals surface area contributed by atoms with Gasteiger partial charge in [0.1, 0.15) is 5.76 Å². The second-order valence-corrected chi connectivity index (χ2v) is 5.24. The van der Waals surface area contributed by atoms with Crippen molar-refractivity contribution in [2.24, 2.45) is 0 Å². The maximum atomic E-state index is 5.33. The monoisotopic (exact) mass is 343 g/mol. The van der Waals surface area contributed by atoms with Gasteiger partial charge >= 0.3 is 0 Å². The number of aryl methyl sites for hydroxylation is 1. The number of hydrogen-bond acceptors (Lipinski definition) is 2. The lowest BCUT2D eigenvalue weighted by molar-refractivity contribution is 0.516. The molecule has 0 amide bonds. The fourth-order valence-corrected chi connectivity index (χ4v) is 2.13. The number of halogens is 2. The third kappa shape index (κ3) is 2.68. The predicted octanol–water partition coefficient (Wildman–Crippen LogP) is 4.73. The van der Waals surface area contributed by atoms with E-state index in [0.29, 0.717) is 6.54 Å². The number of hydrogen-bond donors (Lipinski definition) is 1. The number of anilines is 1. The molecule has 0 spiro atoms. The number of rotatable bonds is 3. The van der Waals surface area contributed by atoms with Crippen LogP contribution in [0, 0.1) is 6.92 Å². The zero-order valence-electron chi connectivity index (χ0n) is 8.76. The van der Waals surface area contributed by atoms with E-state index in [2.05, 4.69) is 56.2 Å². The van der Waals surface area contributed by atoms with E-state index < -0.39 is 0 Å². The standard InChI is InChI=1S/C12H11Br2NO/c1-8-2-3-9(13)11(6-8)15-7-12-10(14)4-5-16-12/h2-6,15H,7H2,1H3. The summed E-state index contributed by atoms with van der Waals surface area (Å²) in [6.07, 6.45) is 1.67. The first-order valence-corrected chi connectivity index (χ1v) is 6.47. The highest BCUT2D eigenvalue weighted by molar-refractivity contribution is 9.10. The second kappa shape index (κ2) is 5.06. The van der Waals surface area contributed by atoms with Crippen molar-refractivity contribution in [3.8, 4) is 0 Å². The average Bonchev–Trinajstić information content (AvgIpc) is 2.66. The van der Waals surface area contributed by atoms with Gasteiger partial charge in [-0.25, -0.2) is 0 Å². The second-order valence-electron chi connectivity index (χ2n) is 3.53. The highest BCUT2D eigenvalue weighted by atomic mass is 79.9. The van der Waals surface area contributed by atoms with Gasteiger partial charge in [-0.1, -0.05) is 6.07 Å². The first-order chi connectivity index (χ1) is 7.66. The van der Waals surface area contributed by atoms with Crippen molar-refractivity contribution in [3.05, 3.63) is 50.8 Å². The quantitative estimate of drug-likeness (QED) is 0.871. The molecule has 0 bridgehead atoms.